The van der Waals surface area contributed by atoms with Gasteiger partial charge in [0, 0.05) is 92.2 Å². The van der Waals surface area contributed by atoms with E-state index in [2.05, 4.69) is 25.8 Å². The van der Waals surface area contributed by atoms with Gasteiger partial charge < -0.3 is 25.4 Å². The zero-order valence-electron chi connectivity index (χ0n) is 26.3. The molecule has 4 heterocycles. The number of rotatable bonds is 13. The minimum atomic E-state index is -0.338. The lowest BCUT2D eigenvalue weighted by Crippen LogP contribution is -2.47. The number of halogens is 3. The molecule has 9 nitrogen and oxygen atoms in total. The lowest BCUT2D eigenvalue weighted by molar-refractivity contribution is -0.119. The van der Waals surface area contributed by atoms with Crippen molar-refractivity contribution >= 4 is 40.6 Å². The van der Waals surface area contributed by atoms with Crippen molar-refractivity contribution in [1.82, 2.24) is 25.5 Å². The van der Waals surface area contributed by atoms with Gasteiger partial charge in [-0.3, -0.25) is 9.69 Å². The molecule has 2 aromatic carbocycles. The fourth-order valence-corrected chi connectivity index (χ4v) is 6.72. The van der Waals surface area contributed by atoms with E-state index in [9.17, 15) is 4.79 Å². The van der Waals surface area contributed by atoms with E-state index in [4.69, 9.17) is 37.7 Å². The van der Waals surface area contributed by atoms with Crippen LogP contribution in [0.3, 0.4) is 0 Å². The molecule has 2 aliphatic rings. The molecule has 6 rings (SSSR count). The molecule has 0 radical (unpaired) electrons. The van der Waals surface area contributed by atoms with Crippen LogP contribution in [0.2, 0.25) is 10.0 Å². The Bertz CT molecular complexity index is 1750. The average Bonchev–Trinajstić information content (AvgIpc) is 3.47. The highest BCUT2D eigenvalue weighted by Gasteiger charge is 2.27. The molecular weight excluding hydrogens is 642 g/mol. The Kier molecular flexibility index (Phi) is 10.5. The maximum atomic E-state index is 15.6. The monoisotopic (exact) mass is 678 g/mol. The van der Waals surface area contributed by atoms with Crippen molar-refractivity contribution in [2.75, 3.05) is 45.8 Å². The fourth-order valence-electron chi connectivity index (χ4n) is 6.13. The third-order valence-corrected chi connectivity index (χ3v) is 9.33. The Morgan fingerprint density at radius 2 is 1.79 bits per heavy atom. The number of benzene rings is 2. The molecule has 0 spiro atoms. The number of aromatic nitrogens is 2. The predicted octanol–water partition coefficient (Wildman–Crippen LogP) is 6.46. The van der Waals surface area contributed by atoms with Crippen molar-refractivity contribution in [2.45, 2.75) is 32.0 Å². The number of carbonyl (C=O) groups excluding carboxylic acids is 1. The molecule has 12 heteroatoms. The maximum absolute atomic E-state index is 15.6. The highest BCUT2D eigenvalue weighted by Crippen LogP contribution is 2.41. The highest BCUT2D eigenvalue weighted by atomic mass is 35.5. The first-order valence-corrected chi connectivity index (χ1v) is 16.3. The molecule has 2 saturated heterocycles. The Morgan fingerprint density at radius 1 is 1.00 bits per heavy atom. The molecule has 1 amide bonds. The van der Waals surface area contributed by atoms with Gasteiger partial charge in [0.1, 0.15) is 5.82 Å². The minimum Gasteiger partial charge on any atom is -0.481 e. The molecule has 2 fully saturated rings. The fraction of sp³-hybridized carbons (Fsp3) is 0.343. The number of likely N-dealkylation sites (tertiary alicyclic amines) is 1. The Morgan fingerprint density at radius 3 is 2.55 bits per heavy atom. The zero-order valence-corrected chi connectivity index (χ0v) is 27.8. The summed E-state index contributed by atoms with van der Waals surface area (Å²) in [7, 11) is 3.28. The summed E-state index contributed by atoms with van der Waals surface area (Å²) in [5, 5.41) is 10.2. The summed E-state index contributed by atoms with van der Waals surface area (Å²) in [6.45, 7) is 4.20. The first-order chi connectivity index (χ1) is 22.8. The lowest BCUT2D eigenvalue weighted by Gasteiger charge is -2.39. The van der Waals surface area contributed by atoms with Gasteiger partial charge in [0.2, 0.25) is 11.8 Å². The topological polar surface area (TPSA) is 101 Å². The number of ether oxygens (including phenoxy) is 2. The minimum absolute atomic E-state index is 0.0916. The lowest BCUT2D eigenvalue weighted by atomic mass is 10.00. The van der Waals surface area contributed by atoms with Crippen LogP contribution in [0.25, 0.3) is 22.4 Å². The molecule has 3 N–H and O–H groups in total. The highest BCUT2D eigenvalue weighted by molar-refractivity contribution is 6.39. The Balaban J connectivity index is 1.19. The van der Waals surface area contributed by atoms with Crippen LogP contribution < -0.4 is 20.7 Å². The first kappa shape index (κ1) is 33.1. The van der Waals surface area contributed by atoms with Gasteiger partial charge in [-0.05, 0) is 24.6 Å². The van der Waals surface area contributed by atoms with Gasteiger partial charge in [-0.1, -0.05) is 59.6 Å². The molecule has 246 valence electrons. The van der Waals surface area contributed by atoms with E-state index >= 15 is 4.39 Å². The molecule has 0 saturated carbocycles. The summed E-state index contributed by atoms with van der Waals surface area (Å²) < 4.78 is 26.4. The number of anilines is 2. The van der Waals surface area contributed by atoms with Crippen molar-refractivity contribution in [3.05, 3.63) is 87.8 Å². The van der Waals surface area contributed by atoms with Gasteiger partial charge >= 0.3 is 0 Å². The second kappa shape index (κ2) is 15.0. The molecule has 47 heavy (non-hydrogen) atoms. The van der Waals surface area contributed by atoms with Gasteiger partial charge in [0.05, 0.1) is 35.1 Å². The van der Waals surface area contributed by atoms with Crippen LogP contribution in [0, 0.1) is 11.7 Å². The van der Waals surface area contributed by atoms with E-state index in [0.717, 1.165) is 25.1 Å². The van der Waals surface area contributed by atoms with Crippen LogP contribution in [0.15, 0.2) is 60.8 Å². The van der Waals surface area contributed by atoms with E-state index in [0.29, 0.717) is 94.0 Å². The molecular formula is C35H37Cl2FN6O3. The first-order valence-electron chi connectivity index (χ1n) is 15.6. The maximum Gasteiger partial charge on any atom is 0.220 e. The second-order valence-electron chi connectivity index (χ2n) is 11.9. The van der Waals surface area contributed by atoms with Gasteiger partial charge in [-0.2, -0.15) is 0 Å². The number of nitrogens with zero attached hydrogens (tertiary/aromatic N) is 3. The van der Waals surface area contributed by atoms with Crippen molar-refractivity contribution in [2.24, 2.45) is 5.92 Å². The number of methoxy groups -OCH3 is 2. The smallest absolute Gasteiger partial charge is 0.220 e. The summed E-state index contributed by atoms with van der Waals surface area (Å²) >= 11 is 13.9. The van der Waals surface area contributed by atoms with E-state index < -0.39 is 0 Å². The van der Waals surface area contributed by atoms with Crippen LogP contribution in [0.5, 0.6) is 5.88 Å². The third kappa shape index (κ3) is 7.52. The summed E-state index contributed by atoms with van der Waals surface area (Å²) in [5.74, 6) is 1.04. The molecule has 1 atom stereocenters. The zero-order chi connectivity index (χ0) is 32.9. The predicted molar refractivity (Wildman–Crippen MR) is 183 cm³/mol. The van der Waals surface area contributed by atoms with Gasteiger partial charge in [0.15, 0.2) is 5.82 Å². The summed E-state index contributed by atoms with van der Waals surface area (Å²) in [6, 6.07) is 16.7. The van der Waals surface area contributed by atoms with Gasteiger partial charge in [-0.25, -0.2) is 14.4 Å². The Labute approximate surface area is 283 Å². The number of hydrogen-bond donors (Lipinski definition) is 3. The Hall–Kier alpha value is -3.80. The number of hydrogen-bond acceptors (Lipinski definition) is 8. The summed E-state index contributed by atoms with van der Waals surface area (Å²) in [5.41, 5.74) is 4.44. The SMILES string of the molecule is COCC1CN(Cc2cccc(Nc3nccc(-c4cccc(-c5ccc(CNC[C@@H]6CCC(=O)N6)c(OC)n5)c4Cl)c3Cl)c2F)C1. The van der Waals surface area contributed by atoms with Crippen LogP contribution in [0.1, 0.15) is 24.0 Å². The van der Waals surface area contributed by atoms with E-state index in [1.54, 1.807) is 38.6 Å². The average molecular weight is 680 g/mol. The number of nitrogens with one attached hydrogen (secondary N) is 3. The van der Waals surface area contributed by atoms with E-state index in [1.165, 1.54) is 0 Å². The van der Waals surface area contributed by atoms with Crippen molar-refractivity contribution in [3.8, 4) is 28.3 Å². The summed E-state index contributed by atoms with van der Waals surface area (Å²) in [4.78, 5) is 22.8. The van der Waals surface area contributed by atoms with Crippen molar-refractivity contribution in [1.29, 1.82) is 0 Å². The molecule has 2 aliphatic heterocycles. The van der Waals surface area contributed by atoms with Crippen molar-refractivity contribution in [3.63, 3.8) is 0 Å². The van der Waals surface area contributed by atoms with Gasteiger partial charge in [-0.15, -0.1) is 0 Å². The van der Waals surface area contributed by atoms with Crippen LogP contribution >= 0.6 is 23.2 Å². The second-order valence-corrected chi connectivity index (χ2v) is 12.7. The normalized spacial score (nSPS) is 16.6. The molecule has 0 unspecified atom stereocenters. The van der Waals surface area contributed by atoms with Crippen LogP contribution in [-0.4, -0.2) is 67.3 Å². The van der Waals surface area contributed by atoms with E-state index in [-0.39, 0.29) is 17.8 Å². The van der Waals surface area contributed by atoms with Crippen LogP contribution in [-0.2, 0) is 22.6 Å². The molecule has 4 aromatic rings. The quantitative estimate of drug-likeness (QED) is 0.148. The standard InChI is InChI=1S/C35H37Cl2FN6O3/c1-46-20-21-17-44(18-21)19-23-5-3-8-29(33(23)38)42-34-32(37)26(13-14-40-34)25-6-4-7-27(31(25)36)28-11-9-22(35(43-28)47-2)15-39-16-24-10-12-30(45)41-24/h3-9,11,13-14,21,24,39H,10,12,15-20H2,1-2H3,(H,40,42)(H,41,45)/t24-/m0/s1. The summed E-state index contributed by atoms with van der Waals surface area (Å²) in [6.07, 6.45) is 3.01. The van der Waals surface area contributed by atoms with E-state index in [1.807, 2.05) is 36.4 Å². The number of amides is 1. The van der Waals surface area contributed by atoms with Gasteiger partial charge in [0.25, 0.3) is 0 Å². The number of pyridine rings is 2. The van der Waals surface area contributed by atoms with Crippen LogP contribution in [0.4, 0.5) is 15.9 Å². The third-order valence-electron chi connectivity index (χ3n) is 8.54. The number of carbonyl (C=O) groups is 1. The molecule has 0 aliphatic carbocycles. The van der Waals surface area contributed by atoms with Crippen molar-refractivity contribution < 1.29 is 18.7 Å². The molecule has 0 bridgehead atoms. The largest absolute Gasteiger partial charge is 0.481 e. The molecule has 2 aromatic heterocycles.